The Hall–Kier alpha value is -0.980. The van der Waals surface area contributed by atoms with E-state index in [0.29, 0.717) is 19.1 Å². The molecule has 192 valence electrons. The second kappa shape index (κ2) is 17.5. The predicted molar refractivity (Wildman–Crippen MR) is 135 cm³/mol. The lowest BCUT2D eigenvalue weighted by Gasteiger charge is -2.32. The molecule has 0 amide bonds. The largest absolute Gasteiger partial charge is 0.393 e. The molecule has 0 bridgehead atoms. The van der Waals surface area contributed by atoms with E-state index in [2.05, 4.69) is 46.8 Å². The molecule has 0 radical (unpaired) electrons. The van der Waals surface area contributed by atoms with Gasteiger partial charge >= 0.3 is 0 Å². The standard InChI is InChI=1S/C28H50O5/c1-8-17-33-25(9-2)18-27(30-6)21(3)15-16-26(29)23(5)28(31-7)22(4)19-32-20-24-13-11-10-12-14-24/h10-14,21-23,25-29H,8-9,15-20H2,1-7H3. The smallest absolute Gasteiger partial charge is 0.0717 e. The highest BCUT2D eigenvalue weighted by atomic mass is 16.5. The first-order valence-corrected chi connectivity index (χ1v) is 12.8. The molecular weight excluding hydrogens is 416 g/mol. The maximum Gasteiger partial charge on any atom is 0.0717 e. The molecule has 1 aromatic rings. The Morgan fingerprint density at radius 2 is 1.61 bits per heavy atom. The molecule has 0 aliphatic rings. The minimum absolute atomic E-state index is 0.0230. The van der Waals surface area contributed by atoms with Crippen molar-refractivity contribution in [3.8, 4) is 0 Å². The minimum Gasteiger partial charge on any atom is -0.393 e. The van der Waals surface area contributed by atoms with Crippen LogP contribution in [0.15, 0.2) is 30.3 Å². The van der Waals surface area contributed by atoms with Gasteiger partial charge in [0.15, 0.2) is 0 Å². The molecule has 5 nitrogen and oxygen atoms in total. The van der Waals surface area contributed by atoms with Crippen LogP contribution >= 0.6 is 0 Å². The van der Waals surface area contributed by atoms with Crippen molar-refractivity contribution in [3.05, 3.63) is 35.9 Å². The summed E-state index contributed by atoms with van der Waals surface area (Å²) in [5, 5.41) is 10.9. The van der Waals surface area contributed by atoms with Crippen molar-refractivity contribution < 1.29 is 24.1 Å². The molecule has 1 rings (SSSR count). The van der Waals surface area contributed by atoms with E-state index in [0.717, 1.165) is 38.7 Å². The van der Waals surface area contributed by atoms with Crippen LogP contribution in [0.25, 0.3) is 0 Å². The van der Waals surface area contributed by atoms with E-state index in [1.807, 2.05) is 18.2 Å². The van der Waals surface area contributed by atoms with Crippen molar-refractivity contribution in [2.24, 2.45) is 17.8 Å². The van der Waals surface area contributed by atoms with Gasteiger partial charge in [0.2, 0.25) is 0 Å². The van der Waals surface area contributed by atoms with E-state index < -0.39 is 6.10 Å². The molecule has 7 unspecified atom stereocenters. The quantitative estimate of drug-likeness (QED) is 0.276. The van der Waals surface area contributed by atoms with Crippen LogP contribution in [0, 0.1) is 17.8 Å². The fourth-order valence-electron chi connectivity index (χ4n) is 4.56. The zero-order chi connectivity index (χ0) is 24.6. The summed E-state index contributed by atoms with van der Waals surface area (Å²) in [6, 6.07) is 10.2. The molecule has 0 spiro atoms. The van der Waals surface area contributed by atoms with Crippen molar-refractivity contribution in [1.29, 1.82) is 0 Å². The maximum atomic E-state index is 10.9. The van der Waals surface area contributed by atoms with Crippen molar-refractivity contribution in [2.75, 3.05) is 27.4 Å². The Morgan fingerprint density at radius 1 is 0.909 bits per heavy atom. The molecule has 0 aliphatic heterocycles. The highest BCUT2D eigenvalue weighted by Gasteiger charge is 2.30. The van der Waals surface area contributed by atoms with Crippen LogP contribution in [0.4, 0.5) is 0 Å². The molecule has 1 aromatic carbocycles. The molecule has 7 atom stereocenters. The van der Waals surface area contributed by atoms with Gasteiger partial charge in [-0.3, -0.25) is 0 Å². The number of hydrogen-bond acceptors (Lipinski definition) is 5. The Bertz CT molecular complexity index is 581. The fraction of sp³-hybridized carbons (Fsp3) is 0.786. The molecule has 0 heterocycles. The van der Waals surface area contributed by atoms with E-state index in [1.165, 1.54) is 5.56 Å². The van der Waals surface area contributed by atoms with Gasteiger partial charge in [-0.15, -0.1) is 0 Å². The molecule has 0 aromatic heterocycles. The first-order valence-electron chi connectivity index (χ1n) is 12.8. The van der Waals surface area contributed by atoms with Gasteiger partial charge in [-0.25, -0.2) is 0 Å². The van der Waals surface area contributed by atoms with Crippen molar-refractivity contribution >= 4 is 0 Å². The van der Waals surface area contributed by atoms with Crippen molar-refractivity contribution in [2.45, 2.75) is 97.7 Å². The average molecular weight is 467 g/mol. The summed E-state index contributed by atoms with van der Waals surface area (Å²) in [5.74, 6) is 0.562. The molecule has 0 saturated heterocycles. The van der Waals surface area contributed by atoms with E-state index in [-0.39, 0.29) is 30.1 Å². The molecule has 0 fully saturated rings. The minimum atomic E-state index is -0.426. The van der Waals surface area contributed by atoms with Crippen LogP contribution in [0.5, 0.6) is 0 Å². The van der Waals surface area contributed by atoms with Crippen LogP contribution < -0.4 is 0 Å². The summed E-state index contributed by atoms with van der Waals surface area (Å²) in [6.07, 6.45) is 4.44. The molecular formula is C28H50O5. The van der Waals surface area contributed by atoms with Gasteiger partial charge in [-0.1, -0.05) is 65.0 Å². The Kier molecular flexibility index (Phi) is 15.9. The van der Waals surface area contributed by atoms with E-state index in [4.69, 9.17) is 18.9 Å². The van der Waals surface area contributed by atoms with Crippen LogP contribution in [-0.2, 0) is 25.6 Å². The lowest BCUT2D eigenvalue weighted by molar-refractivity contribution is -0.0619. The molecule has 5 heteroatoms. The Labute approximate surface area is 203 Å². The van der Waals surface area contributed by atoms with Gasteiger partial charge in [0.1, 0.15) is 0 Å². The number of methoxy groups -OCH3 is 2. The lowest BCUT2D eigenvalue weighted by atomic mass is 9.85. The van der Waals surface area contributed by atoms with Crippen LogP contribution in [0.3, 0.4) is 0 Å². The third kappa shape index (κ3) is 11.3. The normalized spacial score (nSPS) is 18.3. The number of rotatable bonds is 19. The zero-order valence-electron chi connectivity index (χ0n) is 22.2. The number of ether oxygens (including phenoxy) is 4. The molecule has 1 N–H and O–H groups in total. The highest BCUT2D eigenvalue weighted by molar-refractivity contribution is 5.13. The van der Waals surface area contributed by atoms with E-state index >= 15 is 0 Å². The van der Waals surface area contributed by atoms with Gasteiger partial charge in [0, 0.05) is 32.7 Å². The van der Waals surface area contributed by atoms with Gasteiger partial charge in [-0.2, -0.15) is 0 Å². The number of benzene rings is 1. The third-order valence-electron chi connectivity index (χ3n) is 6.81. The second-order valence-corrected chi connectivity index (χ2v) is 9.57. The monoisotopic (exact) mass is 466 g/mol. The zero-order valence-corrected chi connectivity index (χ0v) is 22.2. The van der Waals surface area contributed by atoms with Crippen LogP contribution in [-0.4, -0.2) is 57.0 Å². The predicted octanol–water partition coefficient (Wildman–Crippen LogP) is 5.88. The Morgan fingerprint density at radius 3 is 2.18 bits per heavy atom. The lowest BCUT2D eigenvalue weighted by Crippen LogP contribution is -2.38. The first kappa shape index (κ1) is 30.1. The summed E-state index contributed by atoms with van der Waals surface area (Å²) < 4.78 is 23.5. The van der Waals surface area contributed by atoms with Crippen LogP contribution in [0.1, 0.15) is 72.3 Å². The summed E-state index contributed by atoms with van der Waals surface area (Å²) in [6.45, 7) is 12.7. The average Bonchev–Trinajstić information content (AvgIpc) is 2.83. The van der Waals surface area contributed by atoms with Gasteiger partial charge in [0.25, 0.3) is 0 Å². The summed E-state index contributed by atoms with van der Waals surface area (Å²) in [7, 11) is 3.51. The number of aliphatic hydroxyl groups excluding tert-OH is 1. The topological polar surface area (TPSA) is 57.2 Å². The summed E-state index contributed by atoms with van der Waals surface area (Å²) in [4.78, 5) is 0. The number of aliphatic hydroxyl groups is 1. The SMILES string of the molecule is CCCOC(CC)CC(OC)C(C)CCC(O)C(C)C(OC)C(C)COCc1ccccc1. The fourth-order valence-corrected chi connectivity index (χ4v) is 4.56. The van der Waals surface area contributed by atoms with Crippen molar-refractivity contribution in [3.63, 3.8) is 0 Å². The van der Waals surface area contributed by atoms with Gasteiger partial charge < -0.3 is 24.1 Å². The highest BCUT2D eigenvalue weighted by Crippen LogP contribution is 2.26. The van der Waals surface area contributed by atoms with Gasteiger partial charge in [0.05, 0.1) is 37.6 Å². The van der Waals surface area contributed by atoms with Gasteiger partial charge in [-0.05, 0) is 43.6 Å². The number of hydrogen-bond donors (Lipinski definition) is 1. The van der Waals surface area contributed by atoms with E-state index in [9.17, 15) is 5.11 Å². The third-order valence-corrected chi connectivity index (χ3v) is 6.81. The first-order chi connectivity index (χ1) is 15.9. The van der Waals surface area contributed by atoms with Crippen molar-refractivity contribution in [1.82, 2.24) is 0 Å². The summed E-state index contributed by atoms with van der Waals surface area (Å²) >= 11 is 0. The van der Waals surface area contributed by atoms with Crippen LogP contribution in [0.2, 0.25) is 0 Å². The molecule has 0 aliphatic carbocycles. The maximum absolute atomic E-state index is 10.9. The molecule has 33 heavy (non-hydrogen) atoms. The molecule has 0 saturated carbocycles. The Balaban J connectivity index is 2.49. The second-order valence-electron chi connectivity index (χ2n) is 9.57. The summed E-state index contributed by atoms with van der Waals surface area (Å²) in [5.41, 5.74) is 1.17. The van der Waals surface area contributed by atoms with E-state index in [1.54, 1.807) is 14.2 Å².